The quantitative estimate of drug-likeness (QED) is 0.907. The predicted octanol–water partition coefficient (Wildman–Crippen LogP) is 2.59. The molecular formula is C16H26N2O. The van der Waals surface area contributed by atoms with Crippen molar-refractivity contribution in [1.29, 1.82) is 0 Å². The van der Waals surface area contributed by atoms with Crippen molar-refractivity contribution >= 4 is 0 Å². The predicted molar refractivity (Wildman–Crippen MR) is 77.2 cm³/mol. The van der Waals surface area contributed by atoms with E-state index >= 15 is 0 Å². The highest BCUT2D eigenvalue weighted by molar-refractivity contribution is 5.29. The third-order valence-corrected chi connectivity index (χ3v) is 4.72. The van der Waals surface area contributed by atoms with Gasteiger partial charge >= 0.3 is 0 Å². The first kappa shape index (κ1) is 13.2. The van der Waals surface area contributed by atoms with Crippen molar-refractivity contribution in [3.8, 4) is 0 Å². The minimum absolute atomic E-state index is 0.218. The van der Waals surface area contributed by atoms with Gasteiger partial charge in [-0.1, -0.05) is 13.8 Å². The Balaban J connectivity index is 1.73. The van der Waals surface area contributed by atoms with Crippen molar-refractivity contribution < 1.29 is 5.11 Å². The first-order valence-electron chi connectivity index (χ1n) is 7.63. The van der Waals surface area contributed by atoms with Crippen LogP contribution >= 0.6 is 0 Å². The van der Waals surface area contributed by atoms with Gasteiger partial charge in [-0.15, -0.1) is 0 Å². The molecule has 0 amide bonds. The Bertz CT molecular complexity index is 444. The SMILES string of the molecule is CC1(C)Cc2c(ccn2CCN2CCCC2)C(O)C1. The number of hydrogen-bond donors (Lipinski definition) is 1. The summed E-state index contributed by atoms with van der Waals surface area (Å²) in [6, 6.07) is 2.12. The molecule has 1 aliphatic heterocycles. The summed E-state index contributed by atoms with van der Waals surface area (Å²) < 4.78 is 2.37. The maximum atomic E-state index is 10.3. The molecule has 1 saturated heterocycles. The van der Waals surface area contributed by atoms with Gasteiger partial charge in [-0.05, 0) is 50.3 Å². The second-order valence-corrected chi connectivity index (χ2v) is 7.02. The molecule has 3 nitrogen and oxygen atoms in total. The fourth-order valence-electron chi connectivity index (χ4n) is 3.65. The Morgan fingerprint density at radius 3 is 2.74 bits per heavy atom. The summed E-state index contributed by atoms with van der Waals surface area (Å²) in [6.45, 7) is 9.26. The van der Waals surface area contributed by atoms with Crippen molar-refractivity contribution in [3.63, 3.8) is 0 Å². The lowest BCUT2D eigenvalue weighted by molar-refractivity contribution is 0.0978. The van der Waals surface area contributed by atoms with Crippen molar-refractivity contribution in [2.75, 3.05) is 19.6 Å². The Kier molecular flexibility index (Phi) is 3.44. The zero-order chi connectivity index (χ0) is 13.5. The molecule has 1 aliphatic carbocycles. The molecule has 106 valence electrons. The van der Waals surface area contributed by atoms with E-state index in [9.17, 15) is 5.11 Å². The van der Waals surface area contributed by atoms with E-state index in [-0.39, 0.29) is 11.5 Å². The lowest BCUT2D eigenvalue weighted by Gasteiger charge is -2.34. The Morgan fingerprint density at radius 2 is 2.00 bits per heavy atom. The number of aliphatic hydroxyl groups is 1. The molecule has 2 aliphatic rings. The summed E-state index contributed by atoms with van der Waals surface area (Å²) in [6.07, 6.45) is 6.59. The van der Waals surface area contributed by atoms with E-state index in [1.165, 1.54) is 37.2 Å². The topological polar surface area (TPSA) is 28.4 Å². The van der Waals surface area contributed by atoms with Crippen LogP contribution in [-0.4, -0.2) is 34.2 Å². The number of aromatic nitrogens is 1. The summed E-state index contributed by atoms with van der Waals surface area (Å²) in [7, 11) is 0. The van der Waals surface area contributed by atoms with Crippen LogP contribution in [0.4, 0.5) is 0 Å². The maximum absolute atomic E-state index is 10.3. The minimum atomic E-state index is -0.271. The summed E-state index contributed by atoms with van der Waals surface area (Å²) >= 11 is 0. The number of rotatable bonds is 3. The molecule has 0 saturated carbocycles. The molecule has 1 aromatic heterocycles. The minimum Gasteiger partial charge on any atom is -0.388 e. The average molecular weight is 262 g/mol. The van der Waals surface area contributed by atoms with E-state index in [0.29, 0.717) is 0 Å². The molecule has 1 atom stereocenters. The van der Waals surface area contributed by atoms with Crippen LogP contribution in [0, 0.1) is 5.41 Å². The van der Waals surface area contributed by atoms with E-state index in [1.54, 1.807) is 0 Å². The third kappa shape index (κ3) is 2.72. The van der Waals surface area contributed by atoms with Crippen LogP contribution in [0.15, 0.2) is 12.3 Å². The second kappa shape index (κ2) is 4.95. The van der Waals surface area contributed by atoms with Crippen LogP contribution in [0.5, 0.6) is 0 Å². The number of likely N-dealkylation sites (tertiary alicyclic amines) is 1. The van der Waals surface area contributed by atoms with E-state index < -0.39 is 0 Å². The smallest absolute Gasteiger partial charge is 0.0812 e. The Hall–Kier alpha value is -0.800. The standard InChI is InChI=1S/C16H26N2O/c1-16(2)11-14-13(15(19)12-16)5-8-18(14)10-9-17-6-3-4-7-17/h5,8,15,19H,3-4,6-7,9-12H2,1-2H3. The summed E-state index contributed by atoms with van der Waals surface area (Å²) in [5.41, 5.74) is 2.75. The van der Waals surface area contributed by atoms with Crippen LogP contribution in [0.25, 0.3) is 0 Å². The first-order chi connectivity index (χ1) is 9.05. The van der Waals surface area contributed by atoms with Gasteiger partial charge in [-0.2, -0.15) is 0 Å². The van der Waals surface area contributed by atoms with E-state index in [4.69, 9.17) is 0 Å². The Labute approximate surface area is 116 Å². The van der Waals surface area contributed by atoms with Gasteiger partial charge in [0, 0.05) is 30.5 Å². The normalized spacial score (nSPS) is 26.6. The molecule has 1 aromatic rings. The van der Waals surface area contributed by atoms with Crippen LogP contribution in [0.2, 0.25) is 0 Å². The van der Waals surface area contributed by atoms with Gasteiger partial charge in [0.05, 0.1) is 6.10 Å². The van der Waals surface area contributed by atoms with Crippen LogP contribution < -0.4 is 0 Å². The van der Waals surface area contributed by atoms with Crippen molar-refractivity contribution in [3.05, 3.63) is 23.5 Å². The average Bonchev–Trinajstić information content (AvgIpc) is 2.93. The molecule has 0 aromatic carbocycles. The monoisotopic (exact) mass is 262 g/mol. The first-order valence-corrected chi connectivity index (χ1v) is 7.63. The molecule has 19 heavy (non-hydrogen) atoms. The third-order valence-electron chi connectivity index (χ3n) is 4.72. The zero-order valence-electron chi connectivity index (χ0n) is 12.2. The van der Waals surface area contributed by atoms with Crippen molar-refractivity contribution in [2.45, 2.75) is 52.2 Å². The maximum Gasteiger partial charge on any atom is 0.0812 e. The van der Waals surface area contributed by atoms with Gasteiger partial charge in [0.25, 0.3) is 0 Å². The summed E-state index contributed by atoms with van der Waals surface area (Å²) in [4.78, 5) is 2.55. The molecule has 0 radical (unpaired) electrons. The molecule has 3 heteroatoms. The largest absolute Gasteiger partial charge is 0.388 e. The number of aliphatic hydroxyl groups excluding tert-OH is 1. The van der Waals surface area contributed by atoms with Gasteiger partial charge in [0.2, 0.25) is 0 Å². The molecule has 2 heterocycles. The van der Waals surface area contributed by atoms with Gasteiger partial charge in [0.1, 0.15) is 0 Å². The summed E-state index contributed by atoms with van der Waals surface area (Å²) in [5.74, 6) is 0. The number of nitrogens with zero attached hydrogens (tertiary/aromatic N) is 2. The van der Waals surface area contributed by atoms with E-state index in [2.05, 4.69) is 35.6 Å². The van der Waals surface area contributed by atoms with E-state index in [1.807, 2.05) is 0 Å². The molecule has 1 N–H and O–H groups in total. The van der Waals surface area contributed by atoms with Crippen LogP contribution in [0.1, 0.15) is 50.5 Å². The number of hydrogen-bond acceptors (Lipinski definition) is 2. The number of fused-ring (bicyclic) bond motifs is 1. The Morgan fingerprint density at radius 1 is 1.26 bits per heavy atom. The second-order valence-electron chi connectivity index (χ2n) is 7.02. The molecule has 1 fully saturated rings. The zero-order valence-corrected chi connectivity index (χ0v) is 12.2. The fraction of sp³-hybridized carbons (Fsp3) is 0.750. The highest BCUT2D eigenvalue weighted by Gasteiger charge is 2.33. The molecule has 0 bridgehead atoms. The van der Waals surface area contributed by atoms with Gasteiger partial charge in [-0.3, -0.25) is 0 Å². The highest BCUT2D eigenvalue weighted by Crippen LogP contribution is 2.41. The van der Waals surface area contributed by atoms with E-state index in [0.717, 1.165) is 25.9 Å². The van der Waals surface area contributed by atoms with Gasteiger partial charge in [-0.25, -0.2) is 0 Å². The van der Waals surface area contributed by atoms with Crippen molar-refractivity contribution in [2.24, 2.45) is 5.41 Å². The van der Waals surface area contributed by atoms with Crippen molar-refractivity contribution in [1.82, 2.24) is 9.47 Å². The lowest BCUT2D eigenvalue weighted by atomic mass is 9.75. The van der Waals surface area contributed by atoms with Crippen LogP contribution in [-0.2, 0) is 13.0 Å². The van der Waals surface area contributed by atoms with Gasteiger partial charge in [0.15, 0.2) is 0 Å². The highest BCUT2D eigenvalue weighted by atomic mass is 16.3. The fourth-order valence-corrected chi connectivity index (χ4v) is 3.65. The molecule has 3 rings (SSSR count). The summed E-state index contributed by atoms with van der Waals surface area (Å²) in [5, 5.41) is 10.3. The molecular weight excluding hydrogens is 236 g/mol. The van der Waals surface area contributed by atoms with Crippen LogP contribution in [0.3, 0.4) is 0 Å². The lowest BCUT2D eigenvalue weighted by Crippen LogP contribution is -2.29. The van der Waals surface area contributed by atoms with Gasteiger partial charge < -0.3 is 14.6 Å². The molecule has 1 unspecified atom stereocenters. The molecule has 0 spiro atoms.